The van der Waals surface area contributed by atoms with Crippen LogP contribution in [0, 0.1) is 19.8 Å². The van der Waals surface area contributed by atoms with Gasteiger partial charge in [0.1, 0.15) is 0 Å². The molecule has 16 heavy (non-hydrogen) atoms. The molecule has 0 amide bonds. The van der Waals surface area contributed by atoms with Gasteiger partial charge in [-0.1, -0.05) is 32.8 Å². The molecule has 0 aliphatic carbocycles. The fourth-order valence-electron chi connectivity index (χ4n) is 2.27. The van der Waals surface area contributed by atoms with Crippen LogP contribution in [0.15, 0.2) is 12.1 Å². The molecule has 0 bridgehead atoms. The van der Waals surface area contributed by atoms with Crippen molar-refractivity contribution in [3.63, 3.8) is 0 Å². The van der Waals surface area contributed by atoms with Crippen molar-refractivity contribution in [2.24, 2.45) is 11.8 Å². The van der Waals surface area contributed by atoms with Crippen LogP contribution in [-0.2, 0) is 0 Å². The molecule has 1 heterocycles. The lowest BCUT2D eigenvalue weighted by Gasteiger charge is -2.26. The van der Waals surface area contributed by atoms with E-state index in [4.69, 9.17) is 5.84 Å². The van der Waals surface area contributed by atoms with Crippen molar-refractivity contribution in [3.8, 4) is 0 Å². The zero-order valence-corrected chi connectivity index (χ0v) is 10.7. The molecule has 0 saturated carbocycles. The average Bonchev–Trinajstić information content (AvgIpc) is 2.27. The SMILES string of the molecule is CCC(CC)C(NN)c1ccc(C)nc1C. The molecule has 1 atom stereocenters. The summed E-state index contributed by atoms with van der Waals surface area (Å²) in [5, 5.41) is 0. The van der Waals surface area contributed by atoms with Gasteiger partial charge in [0.2, 0.25) is 0 Å². The van der Waals surface area contributed by atoms with Crippen molar-refractivity contribution in [1.82, 2.24) is 10.4 Å². The molecule has 0 fully saturated rings. The minimum atomic E-state index is 0.211. The van der Waals surface area contributed by atoms with E-state index in [-0.39, 0.29) is 6.04 Å². The van der Waals surface area contributed by atoms with Gasteiger partial charge in [0.25, 0.3) is 0 Å². The Morgan fingerprint density at radius 3 is 2.31 bits per heavy atom. The Bertz CT molecular complexity index is 332. The van der Waals surface area contributed by atoms with Gasteiger partial charge >= 0.3 is 0 Å². The molecule has 3 N–H and O–H groups in total. The summed E-state index contributed by atoms with van der Waals surface area (Å²) in [5.41, 5.74) is 6.30. The number of hydrogen-bond donors (Lipinski definition) is 2. The van der Waals surface area contributed by atoms with Crippen LogP contribution >= 0.6 is 0 Å². The standard InChI is InChI=1S/C13H23N3/c1-5-11(6-2)13(16-14)12-8-7-9(3)15-10(12)4/h7-8,11,13,16H,5-6,14H2,1-4H3. The Labute approximate surface area is 98.4 Å². The van der Waals surface area contributed by atoms with Crippen molar-refractivity contribution >= 4 is 0 Å². The van der Waals surface area contributed by atoms with Gasteiger partial charge in [0, 0.05) is 11.4 Å². The van der Waals surface area contributed by atoms with Crippen LogP contribution in [0.4, 0.5) is 0 Å². The number of nitrogens with two attached hydrogens (primary N) is 1. The monoisotopic (exact) mass is 221 g/mol. The van der Waals surface area contributed by atoms with E-state index in [0.717, 1.165) is 24.2 Å². The van der Waals surface area contributed by atoms with Gasteiger partial charge in [-0.25, -0.2) is 0 Å². The predicted octanol–water partition coefficient (Wildman–Crippen LogP) is 2.64. The molecule has 0 radical (unpaired) electrons. The second kappa shape index (κ2) is 5.97. The van der Waals surface area contributed by atoms with Crippen molar-refractivity contribution in [2.45, 2.75) is 46.6 Å². The number of hydrogen-bond acceptors (Lipinski definition) is 3. The van der Waals surface area contributed by atoms with Crippen LogP contribution in [0.25, 0.3) is 0 Å². The lowest BCUT2D eigenvalue weighted by molar-refractivity contribution is 0.343. The number of aryl methyl sites for hydroxylation is 2. The Balaban J connectivity index is 3.03. The van der Waals surface area contributed by atoms with E-state index in [1.54, 1.807) is 0 Å². The Morgan fingerprint density at radius 2 is 1.88 bits per heavy atom. The highest BCUT2D eigenvalue weighted by Gasteiger charge is 2.20. The molecule has 3 heteroatoms. The first-order chi connectivity index (χ1) is 7.63. The van der Waals surface area contributed by atoms with Gasteiger partial charge < -0.3 is 0 Å². The fraction of sp³-hybridized carbons (Fsp3) is 0.615. The van der Waals surface area contributed by atoms with Crippen LogP contribution in [0.2, 0.25) is 0 Å². The maximum atomic E-state index is 5.69. The van der Waals surface area contributed by atoms with Gasteiger partial charge in [-0.2, -0.15) is 0 Å². The van der Waals surface area contributed by atoms with Crippen LogP contribution in [-0.4, -0.2) is 4.98 Å². The third kappa shape index (κ3) is 2.80. The zero-order valence-electron chi connectivity index (χ0n) is 10.7. The van der Waals surface area contributed by atoms with Crippen molar-refractivity contribution in [3.05, 3.63) is 29.1 Å². The molecule has 1 aromatic rings. The van der Waals surface area contributed by atoms with E-state index in [2.05, 4.69) is 43.3 Å². The fourth-order valence-corrected chi connectivity index (χ4v) is 2.27. The number of hydrazine groups is 1. The molecule has 0 saturated heterocycles. The van der Waals surface area contributed by atoms with Crippen LogP contribution in [0.3, 0.4) is 0 Å². The van der Waals surface area contributed by atoms with E-state index in [1.807, 2.05) is 6.92 Å². The highest BCUT2D eigenvalue weighted by Crippen LogP contribution is 2.28. The Morgan fingerprint density at radius 1 is 1.25 bits per heavy atom. The van der Waals surface area contributed by atoms with E-state index >= 15 is 0 Å². The molecule has 0 spiro atoms. The minimum absolute atomic E-state index is 0.211. The lowest BCUT2D eigenvalue weighted by atomic mass is 9.88. The minimum Gasteiger partial charge on any atom is -0.271 e. The highest BCUT2D eigenvalue weighted by molar-refractivity contribution is 5.25. The summed E-state index contributed by atoms with van der Waals surface area (Å²) in [4.78, 5) is 4.50. The van der Waals surface area contributed by atoms with E-state index in [1.165, 1.54) is 5.56 Å². The van der Waals surface area contributed by atoms with Crippen LogP contribution < -0.4 is 11.3 Å². The number of nitrogens with one attached hydrogen (secondary N) is 1. The number of rotatable bonds is 5. The van der Waals surface area contributed by atoms with Crippen molar-refractivity contribution < 1.29 is 0 Å². The van der Waals surface area contributed by atoms with Gasteiger partial charge in [-0.05, 0) is 31.4 Å². The smallest absolute Gasteiger partial charge is 0.0505 e. The first-order valence-electron chi connectivity index (χ1n) is 6.04. The largest absolute Gasteiger partial charge is 0.271 e. The third-order valence-corrected chi connectivity index (χ3v) is 3.30. The summed E-state index contributed by atoms with van der Waals surface area (Å²) in [6.45, 7) is 8.47. The summed E-state index contributed by atoms with van der Waals surface area (Å²) >= 11 is 0. The maximum absolute atomic E-state index is 5.69. The van der Waals surface area contributed by atoms with Crippen LogP contribution in [0.5, 0.6) is 0 Å². The molecular weight excluding hydrogens is 198 g/mol. The molecule has 0 aromatic carbocycles. The molecule has 0 aliphatic rings. The summed E-state index contributed by atoms with van der Waals surface area (Å²) in [5.74, 6) is 6.25. The molecule has 90 valence electrons. The molecule has 1 unspecified atom stereocenters. The van der Waals surface area contributed by atoms with Gasteiger partial charge in [0.05, 0.1) is 6.04 Å². The van der Waals surface area contributed by atoms with E-state index < -0.39 is 0 Å². The maximum Gasteiger partial charge on any atom is 0.0505 e. The van der Waals surface area contributed by atoms with Crippen molar-refractivity contribution in [1.29, 1.82) is 0 Å². The van der Waals surface area contributed by atoms with E-state index in [9.17, 15) is 0 Å². The number of nitrogens with zero attached hydrogens (tertiary/aromatic N) is 1. The first kappa shape index (κ1) is 13.1. The molecule has 3 nitrogen and oxygen atoms in total. The molecule has 0 aliphatic heterocycles. The zero-order chi connectivity index (χ0) is 12.1. The number of aromatic nitrogens is 1. The molecule has 1 aromatic heterocycles. The van der Waals surface area contributed by atoms with Gasteiger partial charge in [-0.15, -0.1) is 0 Å². The predicted molar refractivity (Wildman–Crippen MR) is 67.8 cm³/mol. The van der Waals surface area contributed by atoms with E-state index in [0.29, 0.717) is 5.92 Å². The molecule has 1 rings (SSSR count). The Kier molecular flexibility index (Phi) is 4.90. The topological polar surface area (TPSA) is 50.9 Å². The highest BCUT2D eigenvalue weighted by atomic mass is 15.2. The normalized spacial score (nSPS) is 13.1. The number of pyridine rings is 1. The summed E-state index contributed by atoms with van der Waals surface area (Å²) in [7, 11) is 0. The van der Waals surface area contributed by atoms with Crippen LogP contribution in [0.1, 0.15) is 49.7 Å². The third-order valence-electron chi connectivity index (χ3n) is 3.30. The van der Waals surface area contributed by atoms with Gasteiger partial charge in [-0.3, -0.25) is 16.3 Å². The average molecular weight is 221 g/mol. The summed E-state index contributed by atoms with van der Waals surface area (Å²) < 4.78 is 0. The molecular formula is C13H23N3. The second-order valence-corrected chi connectivity index (χ2v) is 4.35. The summed E-state index contributed by atoms with van der Waals surface area (Å²) in [6.07, 6.45) is 2.25. The second-order valence-electron chi connectivity index (χ2n) is 4.35. The van der Waals surface area contributed by atoms with Gasteiger partial charge in [0.15, 0.2) is 0 Å². The lowest BCUT2D eigenvalue weighted by Crippen LogP contribution is -2.34. The Hall–Kier alpha value is -0.930. The quantitative estimate of drug-likeness (QED) is 0.593. The summed E-state index contributed by atoms with van der Waals surface area (Å²) in [6, 6.07) is 4.40. The first-order valence-corrected chi connectivity index (χ1v) is 6.04. The van der Waals surface area contributed by atoms with Crippen molar-refractivity contribution in [2.75, 3.05) is 0 Å².